The van der Waals surface area contributed by atoms with Gasteiger partial charge < -0.3 is 5.32 Å². The topological polar surface area (TPSA) is 127 Å². The fourth-order valence-corrected chi connectivity index (χ4v) is 4.36. The van der Waals surface area contributed by atoms with Gasteiger partial charge in [0.25, 0.3) is 21.6 Å². The molecule has 0 saturated heterocycles. The van der Waals surface area contributed by atoms with Crippen molar-refractivity contribution in [2.45, 2.75) is 17.9 Å². The number of nitrogens with zero attached hydrogens (tertiary/aromatic N) is 2. The third-order valence-electron chi connectivity index (χ3n) is 3.91. The number of carbonyl (C=O) groups excluding carboxylic acids is 2. The maximum atomic E-state index is 12.6. The highest BCUT2D eigenvalue weighted by atomic mass is 32.2. The van der Waals surface area contributed by atoms with Crippen LogP contribution in [0.5, 0.6) is 0 Å². The normalized spacial score (nSPS) is 16.0. The number of hydrogen-bond donors (Lipinski definition) is 1. The highest BCUT2D eigenvalue weighted by Crippen LogP contribution is 2.32. The van der Waals surface area contributed by atoms with Crippen LogP contribution in [0.3, 0.4) is 0 Å². The molecule has 1 atom stereocenters. The smallest absolute Gasteiger partial charge is 0.271 e. The average molecular weight is 375 g/mol. The minimum absolute atomic E-state index is 0.00231. The van der Waals surface area contributed by atoms with Crippen molar-refractivity contribution < 1.29 is 22.9 Å². The second-order valence-corrected chi connectivity index (χ2v) is 7.36. The van der Waals surface area contributed by atoms with Crippen LogP contribution in [-0.2, 0) is 14.8 Å². The van der Waals surface area contributed by atoms with Crippen molar-refractivity contribution in [3.05, 3.63) is 64.2 Å². The van der Waals surface area contributed by atoms with Gasteiger partial charge >= 0.3 is 0 Å². The molecule has 26 heavy (non-hydrogen) atoms. The van der Waals surface area contributed by atoms with Crippen LogP contribution in [0.15, 0.2) is 53.4 Å². The number of rotatable bonds is 4. The number of nitro groups is 1. The van der Waals surface area contributed by atoms with Gasteiger partial charge in [-0.2, -0.15) is 0 Å². The van der Waals surface area contributed by atoms with E-state index < -0.39 is 32.8 Å². The number of sulfonamides is 1. The molecule has 1 heterocycles. The average Bonchev–Trinajstić information content (AvgIpc) is 2.81. The van der Waals surface area contributed by atoms with Crippen LogP contribution in [0.4, 0.5) is 11.4 Å². The minimum Gasteiger partial charge on any atom is -0.324 e. The Morgan fingerprint density at radius 1 is 1.19 bits per heavy atom. The Kier molecular flexibility index (Phi) is 4.20. The predicted octanol–water partition coefficient (Wildman–Crippen LogP) is 1.77. The summed E-state index contributed by atoms with van der Waals surface area (Å²) >= 11 is 0. The van der Waals surface area contributed by atoms with Crippen molar-refractivity contribution in [1.82, 2.24) is 4.31 Å². The molecule has 0 unspecified atom stereocenters. The first-order valence-corrected chi connectivity index (χ1v) is 8.90. The lowest BCUT2D eigenvalue weighted by Gasteiger charge is -2.22. The highest BCUT2D eigenvalue weighted by molar-refractivity contribution is 7.90. The van der Waals surface area contributed by atoms with Crippen LogP contribution in [0, 0.1) is 10.1 Å². The molecule has 2 amide bonds. The number of non-ortho nitro benzene ring substituents is 1. The fraction of sp³-hybridized carbons (Fsp3) is 0.125. The molecule has 3 rings (SSSR count). The van der Waals surface area contributed by atoms with Crippen molar-refractivity contribution in [2.24, 2.45) is 0 Å². The minimum atomic E-state index is -4.14. The summed E-state index contributed by atoms with van der Waals surface area (Å²) in [6.07, 6.45) is 0. The third kappa shape index (κ3) is 2.80. The zero-order valence-corrected chi connectivity index (χ0v) is 14.3. The van der Waals surface area contributed by atoms with Gasteiger partial charge in [-0.15, -0.1) is 0 Å². The Bertz CT molecular complexity index is 1030. The largest absolute Gasteiger partial charge is 0.324 e. The zero-order chi connectivity index (χ0) is 19.1. The Labute approximate surface area is 148 Å². The monoisotopic (exact) mass is 375 g/mol. The van der Waals surface area contributed by atoms with E-state index in [4.69, 9.17) is 0 Å². The summed E-state index contributed by atoms with van der Waals surface area (Å²) in [6.45, 7) is 1.27. The van der Waals surface area contributed by atoms with Gasteiger partial charge in [-0.3, -0.25) is 19.7 Å². The first kappa shape index (κ1) is 17.5. The molecule has 1 aliphatic rings. The Morgan fingerprint density at radius 3 is 2.54 bits per heavy atom. The molecule has 0 aliphatic carbocycles. The van der Waals surface area contributed by atoms with Gasteiger partial charge in [-0.05, 0) is 25.1 Å². The van der Waals surface area contributed by atoms with Crippen molar-refractivity contribution in [1.29, 1.82) is 0 Å². The summed E-state index contributed by atoms with van der Waals surface area (Å²) in [6, 6.07) is 9.56. The van der Waals surface area contributed by atoms with E-state index in [1.807, 2.05) is 0 Å². The lowest BCUT2D eigenvalue weighted by atomic mass is 10.2. The number of carbonyl (C=O) groups is 2. The predicted molar refractivity (Wildman–Crippen MR) is 91.0 cm³/mol. The number of nitro benzene ring substituents is 1. The van der Waals surface area contributed by atoms with Gasteiger partial charge in [-0.1, -0.05) is 18.2 Å². The molecule has 9 nitrogen and oxygen atoms in total. The summed E-state index contributed by atoms with van der Waals surface area (Å²) in [7, 11) is -4.14. The second-order valence-electron chi connectivity index (χ2n) is 5.57. The fourth-order valence-electron chi connectivity index (χ4n) is 2.64. The van der Waals surface area contributed by atoms with Gasteiger partial charge in [-0.25, -0.2) is 12.7 Å². The maximum Gasteiger partial charge on any atom is 0.271 e. The number of benzene rings is 2. The van der Waals surface area contributed by atoms with Crippen molar-refractivity contribution in [3.8, 4) is 0 Å². The molecule has 2 aromatic carbocycles. The molecule has 0 aromatic heterocycles. The lowest BCUT2D eigenvalue weighted by molar-refractivity contribution is -0.384. The van der Waals surface area contributed by atoms with E-state index in [1.54, 1.807) is 0 Å². The van der Waals surface area contributed by atoms with Gasteiger partial charge in [0, 0.05) is 17.8 Å². The molecule has 10 heteroatoms. The van der Waals surface area contributed by atoms with E-state index in [0.717, 1.165) is 6.07 Å². The number of amides is 2. The quantitative estimate of drug-likeness (QED) is 0.641. The van der Waals surface area contributed by atoms with E-state index in [0.29, 0.717) is 4.31 Å². The highest BCUT2D eigenvalue weighted by Gasteiger charge is 2.45. The van der Waals surface area contributed by atoms with Gasteiger partial charge in [0.1, 0.15) is 10.9 Å². The number of fused-ring (bicyclic) bond motifs is 1. The molecule has 134 valence electrons. The van der Waals surface area contributed by atoms with Crippen LogP contribution < -0.4 is 5.32 Å². The molecule has 0 fully saturated rings. The standard InChI is InChI=1S/C16H13N3O6S/c1-10(15(20)17-11-5-4-6-12(9-11)19(22)23)18-16(21)13-7-2-3-8-14(13)26(18,24)25/h2-10H,1H3,(H,17,20)/t10-/m0/s1. The molecule has 0 spiro atoms. The van der Waals surface area contributed by atoms with Crippen LogP contribution >= 0.6 is 0 Å². The van der Waals surface area contributed by atoms with Crippen LogP contribution in [0.1, 0.15) is 17.3 Å². The number of nitrogens with one attached hydrogen (secondary N) is 1. The van der Waals surface area contributed by atoms with Gasteiger partial charge in [0.05, 0.1) is 10.5 Å². The molecule has 1 N–H and O–H groups in total. The van der Waals surface area contributed by atoms with E-state index in [2.05, 4.69) is 5.32 Å². The number of hydrogen-bond acceptors (Lipinski definition) is 6. The second kappa shape index (κ2) is 6.23. The Hall–Kier alpha value is -3.27. The van der Waals surface area contributed by atoms with Gasteiger partial charge in [0.15, 0.2) is 0 Å². The van der Waals surface area contributed by atoms with Crippen molar-refractivity contribution in [3.63, 3.8) is 0 Å². The van der Waals surface area contributed by atoms with E-state index in [9.17, 15) is 28.1 Å². The molecule has 0 radical (unpaired) electrons. The Morgan fingerprint density at radius 2 is 1.88 bits per heavy atom. The summed E-state index contributed by atoms with van der Waals surface area (Å²) in [5, 5.41) is 13.2. The SMILES string of the molecule is C[C@@H](C(=O)Nc1cccc([N+](=O)[O-])c1)N1C(=O)c2ccccc2S1(=O)=O. The third-order valence-corrected chi connectivity index (χ3v) is 5.82. The van der Waals surface area contributed by atoms with E-state index >= 15 is 0 Å². The van der Waals surface area contributed by atoms with E-state index in [-0.39, 0.29) is 21.8 Å². The first-order valence-electron chi connectivity index (χ1n) is 7.46. The van der Waals surface area contributed by atoms with Gasteiger partial charge in [0.2, 0.25) is 5.91 Å². The van der Waals surface area contributed by atoms with E-state index in [1.165, 1.54) is 49.4 Å². The molecule has 0 bridgehead atoms. The van der Waals surface area contributed by atoms with Crippen molar-refractivity contribution >= 4 is 33.2 Å². The summed E-state index contributed by atoms with van der Waals surface area (Å²) in [5.74, 6) is -1.57. The lowest BCUT2D eigenvalue weighted by Crippen LogP contribution is -2.45. The summed E-state index contributed by atoms with van der Waals surface area (Å²) in [5.41, 5.74) is -0.104. The Balaban J connectivity index is 1.87. The van der Waals surface area contributed by atoms with Crippen LogP contribution in [0.2, 0.25) is 0 Å². The molecule has 0 saturated carbocycles. The number of anilines is 1. The zero-order valence-electron chi connectivity index (χ0n) is 13.4. The molecule has 2 aromatic rings. The molecular weight excluding hydrogens is 362 g/mol. The maximum absolute atomic E-state index is 12.6. The van der Waals surface area contributed by atoms with Crippen LogP contribution in [-0.4, -0.2) is 35.5 Å². The summed E-state index contributed by atoms with van der Waals surface area (Å²) in [4.78, 5) is 34.9. The molecule has 1 aliphatic heterocycles. The first-order chi connectivity index (χ1) is 12.2. The summed E-state index contributed by atoms with van der Waals surface area (Å²) < 4.78 is 25.7. The van der Waals surface area contributed by atoms with Crippen molar-refractivity contribution in [2.75, 3.05) is 5.32 Å². The molecular formula is C16H13N3O6S. The van der Waals surface area contributed by atoms with Crippen LogP contribution in [0.25, 0.3) is 0 Å².